The summed E-state index contributed by atoms with van der Waals surface area (Å²) in [5, 5.41) is 13.1. The molecule has 1 N–H and O–H groups in total. The van der Waals surface area contributed by atoms with Crippen LogP contribution in [0.4, 0.5) is 0 Å². The second-order valence-electron chi connectivity index (χ2n) is 19.0. The van der Waals surface area contributed by atoms with Crippen LogP contribution >= 0.6 is 0 Å². The van der Waals surface area contributed by atoms with Crippen molar-refractivity contribution >= 4 is 65.9 Å². The van der Waals surface area contributed by atoms with Gasteiger partial charge in [0.2, 0.25) is 0 Å². The first-order valence-corrected chi connectivity index (χ1v) is 24.9. The summed E-state index contributed by atoms with van der Waals surface area (Å²) in [4.78, 5) is 10.9. The van der Waals surface area contributed by atoms with E-state index in [4.69, 9.17) is 14.4 Å². The third-order valence-electron chi connectivity index (χ3n) is 14.5. The van der Waals surface area contributed by atoms with Gasteiger partial charge in [0, 0.05) is 21.9 Å². The Balaban J connectivity index is 0.879. The molecular weight excluding hydrogens is 887 g/mol. The standard InChI is InChI=1S/C69H45N3O/c1-4-13-44(14-5-1)47-23-25-48(26-24-47)52-35-36-64-63(42-52)66-61(21-12-22-65(66)73-64)53-32-27-49-28-33-54(38-56(49)37-53)67-70-68(55-34-31-51-30-29-50-19-10-11-20-60(50)62(51)43-55)72-69(71-67)59-40-57(45-15-6-2-7-16-45)39-58(41-59)46-17-8-3-9-18-46/h1-43,69H,(H,70,71,72). The monoisotopic (exact) mass is 931 g/mol. The van der Waals surface area contributed by atoms with E-state index in [0.717, 1.165) is 99.7 Å². The van der Waals surface area contributed by atoms with Gasteiger partial charge in [-0.3, -0.25) is 0 Å². The Kier molecular flexibility index (Phi) is 10.2. The lowest BCUT2D eigenvalue weighted by molar-refractivity contribution is 0.669. The van der Waals surface area contributed by atoms with Gasteiger partial charge < -0.3 is 9.73 Å². The maximum absolute atomic E-state index is 6.54. The topological polar surface area (TPSA) is 49.9 Å². The van der Waals surface area contributed by atoms with Crippen LogP contribution in [0.15, 0.2) is 275 Å². The summed E-state index contributed by atoms with van der Waals surface area (Å²) in [6.45, 7) is 0. The van der Waals surface area contributed by atoms with Crippen molar-refractivity contribution in [2.24, 2.45) is 9.98 Å². The molecule has 0 fully saturated rings. The van der Waals surface area contributed by atoms with Gasteiger partial charge in [-0.15, -0.1) is 0 Å². The average Bonchev–Trinajstić information content (AvgIpc) is 3.85. The zero-order valence-electron chi connectivity index (χ0n) is 39.7. The lowest BCUT2D eigenvalue weighted by Gasteiger charge is -2.25. The molecule has 2 heterocycles. The Morgan fingerprint density at radius 3 is 1.58 bits per heavy atom. The maximum Gasteiger partial charge on any atom is 0.159 e. The summed E-state index contributed by atoms with van der Waals surface area (Å²) in [7, 11) is 0. The molecule has 1 aromatic heterocycles. The molecule has 1 aliphatic rings. The van der Waals surface area contributed by atoms with Gasteiger partial charge in [0.1, 0.15) is 23.2 Å². The Morgan fingerprint density at radius 2 is 0.849 bits per heavy atom. The zero-order valence-corrected chi connectivity index (χ0v) is 39.7. The smallest absolute Gasteiger partial charge is 0.159 e. The van der Waals surface area contributed by atoms with Crippen molar-refractivity contribution in [2.75, 3.05) is 0 Å². The summed E-state index contributed by atoms with van der Waals surface area (Å²) < 4.78 is 6.54. The van der Waals surface area contributed by atoms with E-state index < -0.39 is 6.17 Å². The van der Waals surface area contributed by atoms with E-state index in [2.05, 4.69) is 266 Å². The molecule has 0 radical (unpaired) electrons. The maximum atomic E-state index is 6.54. The second-order valence-corrected chi connectivity index (χ2v) is 19.0. The van der Waals surface area contributed by atoms with Crippen LogP contribution in [-0.2, 0) is 0 Å². The molecule has 0 spiro atoms. The predicted octanol–water partition coefficient (Wildman–Crippen LogP) is 17.9. The fraction of sp³-hybridized carbons (Fsp3) is 0.0145. The third-order valence-corrected chi connectivity index (χ3v) is 14.5. The van der Waals surface area contributed by atoms with Gasteiger partial charge in [0.05, 0.1) is 0 Å². The van der Waals surface area contributed by atoms with Gasteiger partial charge >= 0.3 is 0 Å². The Bertz CT molecular complexity index is 4270. The molecule has 342 valence electrons. The minimum Gasteiger partial charge on any atom is -0.456 e. The Morgan fingerprint density at radius 1 is 0.315 bits per heavy atom. The van der Waals surface area contributed by atoms with Crippen molar-refractivity contribution in [2.45, 2.75) is 6.17 Å². The first-order chi connectivity index (χ1) is 36.1. The molecule has 13 aromatic rings. The molecule has 0 aliphatic carbocycles. The van der Waals surface area contributed by atoms with Gasteiger partial charge in [-0.25, -0.2) is 9.98 Å². The predicted molar refractivity (Wildman–Crippen MR) is 305 cm³/mol. The summed E-state index contributed by atoms with van der Waals surface area (Å²) in [5.41, 5.74) is 16.2. The number of benzene rings is 12. The van der Waals surface area contributed by atoms with Crippen LogP contribution in [0.25, 0.3) is 110 Å². The van der Waals surface area contributed by atoms with Crippen LogP contribution < -0.4 is 5.32 Å². The van der Waals surface area contributed by atoms with Crippen LogP contribution in [-0.4, -0.2) is 11.7 Å². The number of nitrogens with one attached hydrogen (secondary N) is 1. The highest BCUT2D eigenvalue weighted by atomic mass is 16.3. The van der Waals surface area contributed by atoms with Gasteiger partial charge in [-0.2, -0.15) is 0 Å². The number of furan rings is 1. The number of hydrogen-bond acceptors (Lipinski definition) is 4. The van der Waals surface area contributed by atoms with Crippen molar-refractivity contribution in [1.29, 1.82) is 0 Å². The van der Waals surface area contributed by atoms with Crippen LogP contribution in [0.5, 0.6) is 0 Å². The first-order valence-electron chi connectivity index (χ1n) is 24.9. The van der Waals surface area contributed by atoms with Crippen LogP contribution in [0, 0.1) is 0 Å². The molecule has 1 aliphatic heterocycles. The number of hydrogen-bond donors (Lipinski definition) is 1. The van der Waals surface area contributed by atoms with Crippen molar-refractivity contribution < 1.29 is 4.42 Å². The number of rotatable bonds is 8. The molecular formula is C69H45N3O. The van der Waals surface area contributed by atoms with Crippen molar-refractivity contribution in [3.8, 4) is 55.6 Å². The molecule has 1 atom stereocenters. The molecule has 0 saturated heterocycles. The molecule has 0 amide bonds. The highest BCUT2D eigenvalue weighted by molar-refractivity contribution is 6.17. The normalized spacial score (nSPS) is 13.6. The van der Waals surface area contributed by atoms with E-state index >= 15 is 0 Å². The molecule has 0 bridgehead atoms. The lowest BCUT2D eigenvalue weighted by atomic mass is 9.94. The average molecular weight is 932 g/mol. The minimum absolute atomic E-state index is 0.433. The summed E-state index contributed by atoms with van der Waals surface area (Å²) in [6, 6.07) is 93.3. The summed E-state index contributed by atoms with van der Waals surface area (Å²) >= 11 is 0. The summed E-state index contributed by atoms with van der Waals surface area (Å²) in [5.74, 6) is 1.44. The highest BCUT2D eigenvalue weighted by Gasteiger charge is 2.24. The lowest BCUT2D eigenvalue weighted by Crippen LogP contribution is -2.33. The Labute approximate surface area is 422 Å². The van der Waals surface area contributed by atoms with E-state index in [0.29, 0.717) is 5.84 Å². The van der Waals surface area contributed by atoms with E-state index in [1.165, 1.54) is 32.7 Å². The van der Waals surface area contributed by atoms with Gasteiger partial charge in [0.25, 0.3) is 0 Å². The number of fused-ring (bicyclic) bond motifs is 7. The first kappa shape index (κ1) is 42.3. The third kappa shape index (κ3) is 7.83. The molecule has 73 heavy (non-hydrogen) atoms. The van der Waals surface area contributed by atoms with E-state index in [9.17, 15) is 0 Å². The van der Waals surface area contributed by atoms with Gasteiger partial charge in [-0.05, 0) is 148 Å². The molecule has 4 heteroatoms. The van der Waals surface area contributed by atoms with E-state index in [1.54, 1.807) is 0 Å². The van der Waals surface area contributed by atoms with Gasteiger partial charge in [-0.1, -0.05) is 206 Å². The van der Waals surface area contributed by atoms with E-state index in [-0.39, 0.29) is 0 Å². The van der Waals surface area contributed by atoms with Crippen LogP contribution in [0.1, 0.15) is 22.9 Å². The second kappa shape index (κ2) is 17.6. The molecule has 14 rings (SSSR count). The molecule has 0 saturated carbocycles. The quantitative estimate of drug-likeness (QED) is 0.154. The van der Waals surface area contributed by atoms with Crippen molar-refractivity contribution in [1.82, 2.24) is 5.32 Å². The molecule has 1 unspecified atom stereocenters. The highest BCUT2D eigenvalue weighted by Crippen LogP contribution is 2.40. The fourth-order valence-electron chi connectivity index (χ4n) is 10.7. The van der Waals surface area contributed by atoms with Gasteiger partial charge in [0.15, 0.2) is 5.84 Å². The zero-order chi connectivity index (χ0) is 48.2. The number of nitrogens with zero attached hydrogens (tertiary/aromatic N) is 2. The van der Waals surface area contributed by atoms with E-state index in [1.807, 2.05) is 0 Å². The molecule has 12 aromatic carbocycles. The van der Waals surface area contributed by atoms with Crippen molar-refractivity contribution in [3.05, 3.63) is 278 Å². The largest absolute Gasteiger partial charge is 0.456 e. The minimum atomic E-state index is -0.433. The number of aliphatic imine (C=N–C) groups is 2. The van der Waals surface area contributed by atoms with Crippen molar-refractivity contribution in [3.63, 3.8) is 0 Å². The number of amidine groups is 2. The Hall–Kier alpha value is -9.64. The fourth-order valence-corrected chi connectivity index (χ4v) is 10.7. The van der Waals surface area contributed by atoms with Crippen LogP contribution in [0.2, 0.25) is 0 Å². The SMILES string of the molecule is c1ccc(-c2ccc(-c3ccc4oc5cccc(-c6ccc7ccc(C8=NC(c9ccc%10ccc%11ccccc%11c%10c9)=NC(c9cc(-c%10ccccc%10)cc(-c%10ccccc%10)c9)N8)cc7c6)c5c4c3)cc2)cc1. The van der Waals surface area contributed by atoms with Crippen LogP contribution in [0.3, 0.4) is 0 Å². The molecule has 4 nitrogen and oxygen atoms in total. The summed E-state index contributed by atoms with van der Waals surface area (Å²) in [6.07, 6.45) is -0.433.